The maximum atomic E-state index is 13.2. The fourth-order valence-electron chi connectivity index (χ4n) is 1.84. The molecule has 2 aromatic carbocycles. The summed E-state index contributed by atoms with van der Waals surface area (Å²) in [4.78, 5) is 4.46. The maximum Gasteiger partial charge on any atom is 0.203 e. The van der Waals surface area contributed by atoms with Crippen LogP contribution in [0.5, 0.6) is 0 Å². The van der Waals surface area contributed by atoms with Crippen LogP contribution in [0.1, 0.15) is 5.56 Å². The molecule has 0 unspecified atom stereocenters. The molecule has 0 amide bonds. The Morgan fingerprint density at radius 2 is 2.00 bits per heavy atom. The summed E-state index contributed by atoms with van der Waals surface area (Å²) in [5, 5.41) is 6.74. The van der Waals surface area contributed by atoms with E-state index in [0.717, 1.165) is 15.7 Å². The van der Waals surface area contributed by atoms with E-state index >= 15 is 0 Å². The first-order valence-corrected chi connectivity index (χ1v) is 8.15. The van der Waals surface area contributed by atoms with Crippen molar-refractivity contribution in [1.29, 1.82) is 0 Å². The van der Waals surface area contributed by atoms with Gasteiger partial charge in [-0.1, -0.05) is 46.3 Å². The molecule has 0 atom stereocenters. The van der Waals surface area contributed by atoms with E-state index in [-0.39, 0.29) is 5.82 Å². The summed E-state index contributed by atoms with van der Waals surface area (Å²) in [6.45, 7) is 0. The quantitative estimate of drug-likeness (QED) is 0.505. The van der Waals surface area contributed by atoms with Gasteiger partial charge in [-0.05, 0) is 18.2 Å². The number of hydrazone groups is 1. The number of halogens is 2. The van der Waals surface area contributed by atoms with Crippen LogP contribution in [-0.2, 0) is 0 Å². The van der Waals surface area contributed by atoms with Gasteiger partial charge < -0.3 is 0 Å². The third-order valence-electron chi connectivity index (χ3n) is 2.90. The molecule has 1 N–H and O–H groups in total. The van der Waals surface area contributed by atoms with Gasteiger partial charge in [-0.15, -0.1) is 11.3 Å². The molecule has 110 valence electrons. The summed E-state index contributed by atoms with van der Waals surface area (Å²) < 4.78 is 14.0. The van der Waals surface area contributed by atoms with E-state index in [4.69, 9.17) is 0 Å². The number of hydrogen-bond donors (Lipinski definition) is 1. The molecule has 3 nitrogen and oxygen atoms in total. The molecular weight excluding hydrogens is 365 g/mol. The lowest BCUT2D eigenvalue weighted by Gasteiger charge is -1.98. The van der Waals surface area contributed by atoms with Gasteiger partial charge in [-0.2, -0.15) is 5.10 Å². The second-order valence-corrected chi connectivity index (χ2v) is 6.15. The summed E-state index contributed by atoms with van der Waals surface area (Å²) in [5.74, 6) is -0.301. The SMILES string of the molecule is Fc1ccc(Br)c(C=NNc2nc(-c3ccccc3)cs2)c1. The zero-order chi connectivity index (χ0) is 15.4. The van der Waals surface area contributed by atoms with E-state index < -0.39 is 0 Å². The van der Waals surface area contributed by atoms with E-state index in [1.54, 1.807) is 12.3 Å². The molecule has 0 bridgehead atoms. The number of nitrogens with zero attached hydrogens (tertiary/aromatic N) is 2. The fraction of sp³-hybridized carbons (Fsp3) is 0. The highest BCUT2D eigenvalue weighted by molar-refractivity contribution is 9.10. The Kier molecular flexibility index (Phi) is 4.60. The van der Waals surface area contributed by atoms with Crippen molar-refractivity contribution in [2.24, 2.45) is 5.10 Å². The van der Waals surface area contributed by atoms with Crippen molar-refractivity contribution in [3.8, 4) is 11.3 Å². The molecule has 0 saturated carbocycles. The maximum absolute atomic E-state index is 13.2. The van der Waals surface area contributed by atoms with E-state index in [2.05, 4.69) is 31.4 Å². The number of thiazole rings is 1. The highest BCUT2D eigenvalue weighted by Gasteiger charge is 2.03. The number of hydrogen-bond acceptors (Lipinski definition) is 4. The van der Waals surface area contributed by atoms with Crippen LogP contribution in [0.2, 0.25) is 0 Å². The Bertz CT molecular complexity index is 802. The van der Waals surface area contributed by atoms with Crippen LogP contribution < -0.4 is 5.43 Å². The average molecular weight is 376 g/mol. The van der Waals surface area contributed by atoms with E-state index in [1.807, 2.05) is 35.7 Å². The summed E-state index contributed by atoms with van der Waals surface area (Å²) in [6.07, 6.45) is 1.55. The first-order valence-electron chi connectivity index (χ1n) is 6.47. The highest BCUT2D eigenvalue weighted by atomic mass is 79.9. The fourth-order valence-corrected chi connectivity index (χ4v) is 2.85. The number of benzene rings is 2. The van der Waals surface area contributed by atoms with Crippen LogP contribution in [0, 0.1) is 5.82 Å². The van der Waals surface area contributed by atoms with Crippen LogP contribution >= 0.6 is 27.3 Å². The van der Waals surface area contributed by atoms with Crippen LogP contribution in [0.4, 0.5) is 9.52 Å². The zero-order valence-electron chi connectivity index (χ0n) is 11.3. The normalized spacial score (nSPS) is 11.0. The van der Waals surface area contributed by atoms with Crippen molar-refractivity contribution in [3.63, 3.8) is 0 Å². The van der Waals surface area contributed by atoms with Crippen molar-refractivity contribution >= 4 is 38.6 Å². The molecule has 22 heavy (non-hydrogen) atoms. The van der Waals surface area contributed by atoms with Gasteiger partial charge in [0.05, 0.1) is 11.9 Å². The Hall–Kier alpha value is -2.05. The Balaban J connectivity index is 1.71. The largest absolute Gasteiger partial charge is 0.253 e. The average Bonchev–Trinajstić information content (AvgIpc) is 3.00. The summed E-state index contributed by atoms with van der Waals surface area (Å²) in [5.41, 5.74) is 5.48. The monoisotopic (exact) mass is 375 g/mol. The second kappa shape index (κ2) is 6.81. The van der Waals surface area contributed by atoms with Gasteiger partial charge in [0.25, 0.3) is 0 Å². The van der Waals surface area contributed by atoms with E-state index in [0.29, 0.717) is 10.7 Å². The van der Waals surface area contributed by atoms with Crippen molar-refractivity contribution in [3.05, 3.63) is 69.8 Å². The molecular formula is C16H11BrFN3S. The Labute approximate surface area is 139 Å². The third kappa shape index (κ3) is 3.58. The summed E-state index contributed by atoms with van der Waals surface area (Å²) in [6, 6.07) is 14.4. The van der Waals surface area contributed by atoms with Gasteiger partial charge in [0, 0.05) is 21.0 Å². The minimum atomic E-state index is -0.301. The van der Waals surface area contributed by atoms with Crippen LogP contribution in [0.3, 0.4) is 0 Å². The molecule has 0 saturated heterocycles. The number of rotatable bonds is 4. The van der Waals surface area contributed by atoms with E-state index in [9.17, 15) is 4.39 Å². The molecule has 1 heterocycles. The summed E-state index contributed by atoms with van der Waals surface area (Å²) in [7, 11) is 0. The Morgan fingerprint density at radius 1 is 1.18 bits per heavy atom. The topological polar surface area (TPSA) is 37.3 Å². The third-order valence-corrected chi connectivity index (χ3v) is 4.36. The minimum Gasteiger partial charge on any atom is -0.253 e. The van der Waals surface area contributed by atoms with Gasteiger partial charge in [0.2, 0.25) is 5.13 Å². The Morgan fingerprint density at radius 3 is 2.82 bits per heavy atom. The molecule has 6 heteroatoms. The molecule has 1 aromatic heterocycles. The molecule has 0 fully saturated rings. The van der Waals surface area contributed by atoms with Crippen molar-refractivity contribution in [2.45, 2.75) is 0 Å². The first kappa shape index (κ1) is 14.9. The van der Waals surface area contributed by atoms with Crippen LogP contribution in [-0.4, -0.2) is 11.2 Å². The van der Waals surface area contributed by atoms with Crippen molar-refractivity contribution in [1.82, 2.24) is 4.98 Å². The smallest absolute Gasteiger partial charge is 0.203 e. The van der Waals surface area contributed by atoms with Gasteiger partial charge in [-0.3, -0.25) is 5.43 Å². The van der Waals surface area contributed by atoms with Gasteiger partial charge in [-0.25, -0.2) is 9.37 Å². The van der Waals surface area contributed by atoms with E-state index in [1.165, 1.54) is 23.5 Å². The summed E-state index contributed by atoms with van der Waals surface area (Å²) >= 11 is 4.82. The molecule has 0 aliphatic carbocycles. The van der Waals surface area contributed by atoms with Crippen molar-refractivity contribution in [2.75, 3.05) is 5.43 Å². The van der Waals surface area contributed by atoms with Crippen molar-refractivity contribution < 1.29 is 4.39 Å². The van der Waals surface area contributed by atoms with Crippen LogP contribution in [0.15, 0.2) is 63.5 Å². The lowest BCUT2D eigenvalue weighted by molar-refractivity contribution is 0.627. The van der Waals surface area contributed by atoms with Gasteiger partial charge in [0.15, 0.2) is 0 Å². The molecule has 0 aliphatic heterocycles. The molecule has 3 aromatic rings. The lowest BCUT2D eigenvalue weighted by Crippen LogP contribution is -1.92. The highest BCUT2D eigenvalue weighted by Crippen LogP contribution is 2.24. The van der Waals surface area contributed by atoms with Crippen LogP contribution in [0.25, 0.3) is 11.3 Å². The number of aromatic nitrogens is 1. The van der Waals surface area contributed by atoms with Gasteiger partial charge in [0.1, 0.15) is 5.82 Å². The molecule has 0 radical (unpaired) electrons. The molecule has 0 aliphatic rings. The lowest BCUT2D eigenvalue weighted by atomic mass is 10.2. The minimum absolute atomic E-state index is 0.301. The first-order chi connectivity index (χ1) is 10.7. The number of anilines is 1. The molecule has 3 rings (SSSR count). The molecule has 0 spiro atoms. The number of nitrogens with one attached hydrogen (secondary N) is 1. The second-order valence-electron chi connectivity index (χ2n) is 4.44. The van der Waals surface area contributed by atoms with Gasteiger partial charge >= 0.3 is 0 Å². The zero-order valence-corrected chi connectivity index (χ0v) is 13.7. The standard InChI is InChI=1S/C16H11BrFN3S/c17-14-7-6-13(18)8-12(14)9-19-21-16-20-15(10-22-16)11-4-2-1-3-5-11/h1-10H,(H,20,21). The predicted molar refractivity (Wildman–Crippen MR) is 92.9 cm³/mol. The predicted octanol–water partition coefficient (Wildman–Crippen LogP) is 5.16.